The van der Waals surface area contributed by atoms with Crippen LogP contribution in [0.25, 0.3) is 0 Å². The molecule has 6 nitrogen and oxygen atoms in total. The Hall–Kier alpha value is -1.56. The number of nitrogens with one attached hydrogen (secondary N) is 1. The van der Waals surface area contributed by atoms with E-state index in [2.05, 4.69) is 23.4 Å². The van der Waals surface area contributed by atoms with Crippen molar-refractivity contribution in [2.75, 3.05) is 13.1 Å². The third-order valence-corrected chi connectivity index (χ3v) is 4.06. The maximum atomic E-state index is 12.2. The maximum Gasteiger partial charge on any atom is 0.410 e. The van der Waals surface area contributed by atoms with Crippen LogP contribution in [-0.2, 0) is 17.8 Å². The Morgan fingerprint density at radius 3 is 2.87 bits per heavy atom. The van der Waals surface area contributed by atoms with Crippen molar-refractivity contribution in [3.8, 4) is 0 Å². The van der Waals surface area contributed by atoms with Crippen molar-refractivity contribution in [2.45, 2.75) is 71.7 Å². The van der Waals surface area contributed by atoms with Crippen LogP contribution in [0.3, 0.4) is 0 Å². The SMILES string of the molecule is CCn1nccc1CNC1CCCN(C(=O)OC(C)(C)C)CC1. The number of likely N-dealkylation sites (tertiary alicyclic amines) is 1. The van der Waals surface area contributed by atoms with Gasteiger partial charge in [-0.3, -0.25) is 4.68 Å². The van der Waals surface area contributed by atoms with E-state index in [9.17, 15) is 4.79 Å². The molecule has 1 saturated heterocycles. The molecule has 130 valence electrons. The lowest BCUT2D eigenvalue weighted by Gasteiger charge is -2.26. The Bertz CT molecular complexity index is 507. The molecule has 6 heteroatoms. The molecule has 1 unspecified atom stereocenters. The smallest absolute Gasteiger partial charge is 0.410 e. The largest absolute Gasteiger partial charge is 0.444 e. The van der Waals surface area contributed by atoms with Crippen LogP contribution in [0.4, 0.5) is 4.79 Å². The van der Waals surface area contributed by atoms with Gasteiger partial charge in [-0.25, -0.2) is 4.79 Å². The number of amides is 1. The quantitative estimate of drug-likeness (QED) is 0.926. The van der Waals surface area contributed by atoms with E-state index in [0.717, 1.165) is 45.4 Å². The first-order valence-electron chi connectivity index (χ1n) is 8.61. The molecule has 1 aliphatic heterocycles. The van der Waals surface area contributed by atoms with E-state index in [1.165, 1.54) is 5.69 Å². The van der Waals surface area contributed by atoms with E-state index in [0.29, 0.717) is 6.04 Å². The zero-order chi connectivity index (χ0) is 16.9. The fraction of sp³-hybridized carbons (Fsp3) is 0.765. The predicted octanol–water partition coefficient (Wildman–Crippen LogP) is 2.78. The normalized spacial score (nSPS) is 19.5. The summed E-state index contributed by atoms with van der Waals surface area (Å²) in [6.07, 6.45) is 4.70. The van der Waals surface area contributed by atoms with Crippen LogP contribution >= 0.6 is 0 Å². The fourth-order valence-corrected chi connectivity index (χ4v) is 2.85. The summed E-state index contributed by atoms with van der Waals surface area (Å²) in [4.78, 5) is 14.0. The van der Waals surface area contributed by atoms with Gasteiger partial charge in [0.1, 0.15) is 5.60 Å². The second kappa shape index (κ2) is 7.81. The summed E-state index contributed by atoms with van der Waals surface area (Å²) in [6.45, 7) is 11.1. The van der Waals surface area contributed by atoms with E-state index in [4.69, 9.17) is 4.74 Å². The third-order valence-electron chi connectivity index (χ3n) is 4.06. The Labute approximate surface area is 139 Å². The van der Waals surface area contributed by atoms with Crippen LogP contribution in [0.1, 0.15) is 52.7 Å². The molecule has 23 heavy (non-hydrogen) atoms. The first-order chi connectivity index (χ1) is 10.9. The number of carbonyl (C=O) groups is 1. The zero-order valence-corrected chi connectivity index (χ0v) is 14.8. The van der Waals surface area contributed by atoms with Crippen molar-refractivity contribution < 1.29 is 9.53 Å². The standard InChI is InChI=1S/C17H30N4O2/c1-5-21-15(8-10-19-21)13-18-14-7-6-11-20(12-9-14)16(22)23-17(2,3)4/h8,10,14,18H,5-7,9,11-13H2,1-4H3. The summed E-state index contributed by atoms with van der Waals surface area (Å²) < 4.78 is 7.48. The van der Waals surface area contributed by atoms with Crippen molar-refractivity contribution in [1.29, 1.82) is 0 Å². The van der Waals surface area contributed by atoms with Gasteiger partial charge >= 0.3 is 6.09 Å². The number of rotatable bonds is 4. The highest BCUT2D eigenvalue weighted by Crippen LogP contribution is 2.16. The molecule has 0 spiro atoms. The molecule has 1 aromatic heterocycles. The van der Waals surface area contributed by atoms with Gasteiger partial charge in [-0.2, -0.15) is 5.10 Å². The van der Waals surface area contributed by atoms with Crippen LogP contribution in [0.15, 0.2) is 12.3 Å². The van der Waals surface area contributed by atoms with Crippen molar-refractivity contribution in [2.24, 2.45) is 0 Å². The molecular weight excluding hydrogens is 292 g/mol. The summed E-state index contributed by atoms with van der Waals surface area (Å²) in [5.74, 6) is 0. The van der Waals surface area contributed by atoms with Crippen LogP contribution in [0, 0.1) is 0 Å². The van der Waals surface area contributed by atoms with Crippen LogP contribution in [0.2, 0.25) is 0 Å². The molecule has 0 aromatic carbocycles. The van der Waals surface area contributed by atoms with Crippen molar-refractivity contribution in [3.05, 3.63) is 18.0 Å². The lowest BCUT2D eigenvalue weighted by molar-refractivity contribution is 0.0256. The van der Waals surface area contributed by atoms with Gasteiger partial charge in [0.25, 0.3) is 0 Å². The van der Waals surface area contributed by atoms with E-state index in [-0.39, 0.29) is 6.09 Å². The highest BCUT2D eigenvalue weighted by atomic mass is 16.6. The summed E-state index contributed by atoms with van der Waals surface area (Å²) in [5.41, 5.74) is 0.778. The van der Waals surface area contributed by atoms with Gasteiger partial charge in [-0.05, 0) is 53.0 Å². The first-order valence-corrected chi connectivity index (χ1v) is 8.61. The predicted molar refractivity (Wildman–Crippen MR) is 90.2 cm³/mol. The molecule has 1 N–H and O–H groups in total. The van der Waals surface area contributed by atoms with E-state index in [1.807, 2.05) is 36.5 Å². The lowest BCUT2D eigenvalue weighted by atomic mass is 10.1. The average Bonchev–Trinajstić information content (AvgIpc) is 2.79. The number of carbonyl (C=O) groups excluding carboxylic acids is 1. The van der Waals surface area contributed by atoms with Gasteiger partial charge in [0.05, 0.1) is 5.69 Å². The minimum atomic E-state index is -0.431. The Balaban J connectivity index is 1.81. The number of hydrogen-bond donors (Lipinski definition) is 1. The minimum absolute atomic E-state index is 0.192. The molecule has 0 radical (unpaired) electrons. The molecular formula is C17H30N4O2. The van der Waals surface area contributed by atoms with Crippen molar-refractivity contribution >= 4 is 6.09 Å². The molecule has 1 atom stereocenters. The topological polar surface area (TPSA) is 59.4 Å². The molecule has 2 rings (SSSR count). The molecule has 1 amide bonds. The third kappa shape index (κ3) is 5.53. The highest BCUT2D eigenvalue weighted by molar-refractivity contribution is 5.68. The van der Waals surface area contributed by atoms with Gasteiger partial charge in [0.15, 0.2) is 0 Å². The molecule has 0 bridgehead atoms. The molecule has 2 heterocycles. The molecule has 1 aromatic rings. The highest BCUT2D eigenvalue weighted by Gasteiger charge is 2.25. The molecule has 1 aliphatic rings. The average molecular weight is 322 g/mol. The number of nitrogens with zero attached hydrogens (tertiary/aromatic N) is 3. The van der Waals surface area contributed by atoms with E-state index < -0.39 is 5.60 Å². The zero-order valence-electron chi connectivity index (χ0n) is 14.8. The van der Waals surface area contributed by atoms with Gasteiger partial charge in [-0.1, -0.05) is 0 Å². The van der Waals surface area contributed by atoms with E-state index in [1.54, 1.807) is 0 Å². The first kappa shape index (κ1) is 17.8. The summed E-state index contributed by atoms with van der Waals surface area (Å²) in [6, 6.07) is 2.49. The number of ether oxygens (including phenoxy) is 1. The number of hydrogen-bond acceptors (Lipinski definition) is 4. The Kier molecular flexibility index (Phi) is 6.04. The fourth-order valence-electron chi connectivity index (χ4n) is 2.85. The molecule has 1 fully saturated rings. The van der Waals surface area contributed by atoms with Crippen LogP contribution in [0.5, 0.6) is 0 Å². The second-order valence-corrected chi connectivity index (χ2v) is 7.11. The van der Waals surface area contributed by atoms with Gasteiger partial charge in [0, 0.05) is 38.4 Å². The number of aryl methyl sites for hydroxylation is 1. The monoisotopic (exact) mass is 322 g/mol. The lowest BCUT2D eigenvalue weighted by Crippen LogP contribution is -2.38. The molecule has 0 aliphatic carbocycles. The summed E-state index contributed by atoms with van der Waals surface area (Å²) >= 11 is 0. The minimum Gasteiger partial charge on any atom is -0.444 e. The van der Waals surface area contributed by atoms with E-state index >= 15 is 0 Å². The van der Waals surface area contributed by atoms with Crippen molar-refractivity contribution in [1.82, 2.24) is 20.0 Å². The molecule has 0 saturated carbocycles. The maximum absolute atomic E-state index is 12.2. The van der Waals surface area contributed by atoms with Crippen LogP contribution in [-0.4, -0.2) is 45.5 Å². The van der Waals surface area contributed by atoms with Gasteiger partial charge < -0.3 is 15.0 Å². The summed E-state index contributed by atoms with van der Waals surface area (Å²) in [5, 5.41) is 7.90. The Morgan fingerprint density at radius 1 is 1.39 bits per heavy atom. The van der Waals surface area contributed by atoms with Gasteiger partial charge in [-0.15, -0.1) is 0 Å². The summed E-state index contributed by atoms with van der Waals surface area (Å²) in [7, 11) is 0. The van der Waals surface area contributed by atoms with Crippen molar-refractivity contribution in [3.63, 3.8) is 0 Å². The number of aromatic nitrogens is 2. The van der Waals surface area contributed by atoms with Gasteiger partial charge in [0.2, 0.25) is 0 Å². The second-order valence-electron chi connectivity index (χ2n) is 7.11. The Morgan fingerprint density at radius 2 is 2.17 bits per heavy atom. The van der Waals surface area contributed by atoms with Crippen LogP contribution < -0.4 is 5.32 Å².